The topological polar surface area (TPSA) is 98.8 Å². The normalized spacial score (nSPS) is 12.1. The molecule has 2 aromatic rings. The zero-order valence-electron chi connectivity index (χ0n) is 14.9. The van der Waals surface area contributed by atoms with Gasteiger partial charge in [0, 0.05) is 5.69 Å². The van der Waals surface area contributed by atoms with Crippen LogP contribution in [0.4, 0.5) is 10.1 Å². The Balaban J connectivity index is 2.23. The van der Waals surface area contributed by atoms with Crippen LogP contribution < -0.4 is 4.72 Å². The van der Waals surface area contributed by atoms with Crippen molar-refractivity contribution in [1.82, 2.24) is 0 Å². The van der Waals surface area contributed by atoms with Crippen molar-refractivity contribution < 1.29 is 31.9 Å². The van der Waals surface area contributed by atoms with Crippen molar-refractivity contribution in [2.75, 3.05) is 11.8 Å². The van der Waals surface area contributed by atoms with E-state index >= 15 is 0 Å². The number of hydrogen-bond acceptors (Lipinski definition) is 6. The van der Waals surface area contributed by atoms with E-state index in [1.165, 1.54) is 44.2 Å². The zero-order valence-corrected chi connectivity index (χ0v) is 15.7. The Morgan fingerprint density at radius 3 is 2.52 bits per heavy atom. The Morgan fingerprint density at radius 1 is 1.15 bits per heavy atom. The molecular formula is C18H18FNO6S. The molecule has 0 aromatic heterocycles. The van der Waals surface area contributed by atoms with Crippen molar-refractivity contribution in [3.8, 4) is 0 Å². The molecule has 144 valence electrons. The average Bonchev–Trinajstić information content (AvgIpc) is 2.62. The second-order valence-corrected chi connectivity index (χ2v) is 7.32. The van der Waals surface area contributed by atoms with Gasteiger partial charge in [0.05, 0.1) is 17.6 Å². The number of aryl methyl sites for hydroxylation is 1. The van der Waals surface area contributed by atoms with Crippen LogP contribution in [0.15, 0.2) is 47.4 Å². The fourth-order valence-corrected chi connectivity index (χ4v) is 3.53. The fraction of sp³-hybridized carbons (Fsp3) is 0.222. The van der Waals surface area contributed by atoms with Gasteiger partial charge in [0.15, 0.2) is 6.10 Å². The first-order valence-corrected chi connectivity index (χ1v) is 9.30. The molecule has 0 aliphatic carbocycles. The number of methoxy groups -OCH3 is 1. The maximum Gasteiger partial charge on any atom is 0.346 e. The minimum atomic E-state index is -4.07. The van der Waals surface area contributed by atoms with Crippen molar-refractivity contribution in [2.24, 2.45) is 0 Å². The van der Waals surface area contributed by atoms with Crippen LogP contribution in [0.5, 0.6) is 0 Å². The molecule has 2 aromatic carbocycles. The third kappa shape index (κ3) is 5.04. The summed E-state index contributed by atoms with van der Waals surface area (Å²) in [5.74, 6) is -2.23. The van der Waals surface area contributed by atoms with Gasteiger partial charge in [-0.1, -0.05) is 12.1 Å². The van der Waals surface area contributed by atoms with Crippen LogP contribution in [0.2, 0.25) is 0 Å². The van der Waals surface area contributed by atoms with Gasteiger partial charge in [-0.15, -0.1) is 0 Å². The van der Waals surface area contributed by atoms with E-state index in [0.29, 0.717) is 5.56 Å². The summed E-state index contributed by atoms with van der Waals surface area (Å²) in [6, 6.07) is 8.94. The lowest BCUT2D eigenvalue weighted by Crippen LogP contribution is -2.25. The summed E-state index contributed by atoms with van der Waals surface area (Å²) in [6.45, 7) is 2.89. The Hall–Kier alpha value is -2.94. The predicted octanol–water partition coefficient (Wildman–Crippen LogP) is 2.65. The molecule has 1 N–H and O–H groups in total. The van der Waals surface area contributed by atoms with E-state index < -0.39 is 33.9 Å². The minimum absolute atomic E-state index is 0.0296. The average molecular weight is 395 g/mol. The first-order chi connectivity index (χ1) is 12.6. The van der Waals surface area contributed by atoms with Crippen LogP contribution in [0.3, 0.4) is 0 Å². The number of ether oxygens (including phenoxy) is 2. The van der Waals surface area contributed by atoms with Crippen LogP contribution in [-0.2, 0) is 24.3 Å². The number of hydrogen-bond donors (Lipinski definition) is 1. The van der Waals surface area contributed by atoms with Gasteiger partial charge in [-0.2, -0.15) is 0 Å². The summed E-state index contributed by atoms with van der Waals surface area (Å²) in [5, 5.41) is 0. The van der Waals surface area contributed by atoms with Crippen LogP contribution in [-0.4, -0.2) is 33.6 Å². The van der Waals surface area contributed by atoms with Gasteiger partial charge in [-0.25, -0.2) is 22.4 Å². The Labute approximate surface area is 156 Å². The van der Waals surface area contributed by atoms with E-state index in [1.54, 1.807) is 0 Å². The second-order valence-electron chi connectivity index (χ2n) is 5.67. The highest BCUT2D eigenvalue weighted by molar-refractivity contribution is 7.92. The summed E-state index contributed by atoms with van der Waals surface area (Å²) >= 11 is 0. The Kier molecular flexibility index (Phi) is 6.17. The SMILES string of the molecule is COC(=O)[C@@H](C)OC(=O)c1cccc(NS(=O)(=O)c2cc(F)ccc2C)c1. The predicted molar refractivity (Wildman–Crippen MR) is 95.3 cm³/mol. The number of halogens is 1. The van der Waals surface area contributed by atoms with E-state index in [2.05, 4.69) is 9.46 Å². The third-order valence-corrected chi connectivity index (χ3v) is 5.13. The second kappa shape index (κ2) is 8.17. The van der Waals surface area contributed by atoms with Crippen molar-refractivity contribution in [1.29, 1.82) is 0 Å². The van der Waals surface area contributed by atoms with E-state index in [4.69, 9.17) is 4.74 Å². The van der Waals surface area contributed by atoms with E-state index in [0.717, 1.165) is 19.2 Å². The highest BCUT2D eigenvalue weighted by atomic mass is 32.2. The summed E-state index contributed by atoms with van der Waals surface area (Å²) in [6.07, 6.45) is -1.11. The monoisotopic (exact) mass is 395 g/mol. The summed E-state index contributed by atoms with van der Waals surface area (Å²) in [7, 11) is -2.90. The highest BCUT2D eigenvalue weighted by Gasteiger charge is 2.21. The molecule has 0 fully saturated rings. The Bertz CT molecular complexity index is 974. The minimum Gasteiger partial charge on any atom is -0.466 e. The molecule has 0 amide bonds. The van der Waals surface area contributed by atoms with E-state index in [1.807, 2.05) is 0 Å². The molecule has 2 rings (SSSR count). The maximum absolute atomic E-state index is 13.4. The lowest BCUT2D eigenvalue weighted by molar-refractivity contribution is -0.149. The lowest BCUT2D eigenvalue weighted by Gasteiger charge is -2.13. The number of nitrogens with one attached hydrogen (secondary N) is 1. The van der Waals surface area contributed by atoms with Gasteiger partial charge in [-0.3, -0.25) is 4.72 Å². The van der Waals surface area contributed by atoms with Gasteiger partial charge < -0.3 is 9.47 Å². The zero-order chi connectivity index (χ0) is 20.2. The lowest BCUT2D eigenvalue weighted by atomic mass is 10.2. The number of carbonyl (C=O) groups excluding carboxylic acids is 2. The van der Waals surface area contributed by atoms with E-state index in [9.17, 15) is 22.4 Å². The molecule has 7 nitrogen and oxygen atoms in total. The molecule has 27 heavy (non-hydrogen) atoms. The molecule has 0 radical (unpaired) electrons. The molecule has 0 spiro atoms. The summed E-state index contributed by atoms with van der Waals surface area (Å²) < 4.78 is 50.1. The molecule has 0 heterocycles. The summed E-state index contributed by atoms with van der Waals surface area (Å²) in [5.41, 5.74) is 0.479. The fourth-order valence-electron chi connectivity index (χ4n) is 2.23. The number of benzene rings is 2. The van der Waals surface area contributed by atoms with Crippen molar-refractivity contribution in [3.63, 3.8) is 0 Å². The first-order valence-electron chi connectivity index (χ1n) is 7.82. The van der Waals surface area contributed by atoms with Gasteiger partial charge in [0.2, 0.25) is 0 Å². The molecule has 0 bridgehead atoms. The third-order valence-electron chi connectivity index (χ3n) is 3.61. The molecule has 1 atom stereocenters. The quantitative estimate of drug-likeness (QED) is 0.755. The molecular weight excluding hydrogens is 377 g/mol. The van der Waals surface area contributed by atoms with Gasteiger partial charge >= 0.3 is 11.9 Å². The molecule has 0 saturated heterocycles. The smallest absolute Gasteiger partial charge is 0.346 e. The number of anilines is 1. The van der Waals surface area contributed by atoms with Crippen LogP contribution in [0.1, 0.15) is 22.8 Å². The van der Waals surface area contributed by atoms with Crippen LogP contribution >= 0.6 is 0 Å². The number of esters is 2. The Morgan fingerprint density at radius 2 is 1.85 bits per heavy atom. The standard InChI is InChI=1S/C18H18FNO6S/c1-11-7-8-14(19)10-16(11)27(23,24)20-15-6-4-5-13(9-15)18(22)26-12(2)17(21)25-3/h4-10,12,20H,1-3H3/t12-/m1/s1. The number of rotatable bonds is 6. The molecule has 0 aliphatic heterocycles. The molecule has 0 aliphatic rings. The van der Waals surface area contributed by atoms with Crippen molar-refractivity contribution in [2.45, 2.75) is 24.8 Å². The van der Waals surface area contributed by atoms with Crippen molar-refractivity contribution in [3.05, 3.63) is 59.4 Å². The summed E-state index contributed by atoms with van der Waals surface area (Å²) in [4.78, 5) is 23.2. The molecule has 0 unspecified atom stereocenters. The first kappa shape index (κ1) is 20.4. The van der Waals surface area contributed by atoms with Gasteiger partial charge in [0.25, 0.3) is 10.0 Å². The number of carbonyl (C=O) groups is 2. The van der Waals surface area contributed by atoms with Gasteiger partial charge in [-0.05, 0) is 49.7 Å². The van der Waals surface area contributed by atoms with Gasteiger partial charge in [0.1, 0.15) is 5.82 Å². The van der Waals surface area contributed by atoms with Crippen molar-refractivity contribution >= 4 is 27.6 Å². The number of sulfonamides is 1. The van der Waals surface area contributed by atoms with E-state index in [-0.39, 0.29) is 16.1 Å². The molecule has 9 heteroatoms. The van der Waals surface area contributed by atoms with Crippen LogP contribution in [0, 0.1) is 12.7 Å². The largest absolute Gasteiger partial charge is 0.466 e. The maximum atomic E-state index is 13.4. The van der Waals surface area contributed by atoms with Crippen LogP contribution in [0.25, 0.3) is 0 Å². The highest BCUT2D eigenvalue weighted by Crippen LogP contribution is 2.21. The molecule has 0 saturated carbocycles.